The summed E-state index contributed by atoms with van der Waals surface area (Å²) in [6.07, 6.45) is 0. The van der Waals surface area contributed by atoms with Gasteiger partial charge in [0.2, 0.25) is 10.0 Å². The highest BCUT2D eigenvalue weighted by atomic mass is 32.2. The normalized spacial score (nSPS) is 11.2. The first-order valence-corrected chi connectivity index (χ1v) is 8.74. The average Bonchev–Trinajstić information content (AvgIpc) is 2.56. The Morgan fingerprint density at radius 1 is 1.08 bits per heavy atom. The molecule has 0 spiro atoms. The van der Waals surface area contributed by atoms with Crippen molar-refractivity contribution in [1.82, 2.24) is 4.72 Å². The van der Waals surface area contributed by atoms with Crippen LogP contribution < -0.4 is 10.0 Å². The van der Waals surface area contributed by atoms with Crippen molar-refractivity contribution < 1.29 is 18.1 Å². The van der Waals surface area contributed by atoms with Gasteiger partial charge < -0.3 is 5.32 Å². The van der Waals surface area contributed by atoms with Crippen LogP contribution in [0.1, 0.15) is 21.5 Å². The van der Waals surface area contributed by atoms with Crippen molar-refractivity contribution in [1.29, 1.82) is 0 Å². The van der Waals surface area contributed by atoms with Crippen molar-refractivity contribution in [2.24, 2.45) is 0 Å². The number of aryl methyl sites for hydroxylation is 2. The number of benzene rings is 2. The third kappa shape index (κ3) is 4.01. The van der Waals surface area contributed by atoms with E-state index in [0.29, 0.717) is 11.1 Å². The van der Waals surface area contributed by atoms with Crippen molar-refractivity contribution in [2.75, 3.05) is 12.4 Å². The minimum atomic E-state index is -3.67. The van der Waals surface area contributed by atoms with E-state index in [2.05, 4.69) is 10.0 Å². The number of hydrogen-bond donors (Lipinski definition) is 2. The molecule has 8 nitrogen and oxygen atoms in total. The van der Waals surface area contributed by atoms with E-state index >= 15 is 0 Å². The zero-order chi connectivity index (χ0) is 18.8. The molecule has 0 bridgehead atoms. The summed E-state index contributed by atoms with van der Waals surface area (Å²) in [6, 6.07) is 8.60. The van der Waals surface area contributed by atoms with Crippen LogP contribution in [0.4, 0.5) is 11.4 Å². The maximum absolute atomic E-state index is 12.3. The number of carbonyl (C=O) groups excluding carboxylic acids is 1. The van der Waals surface area contributed by atoms with Crippen LogP contribution in [0.2, 0.25) is 0 Å². The number of amides is 1. The molecule has 0 aliphatic carbocycles. The molecule has 2 aromatic carbocycles. The van der Waals surface area contributed by atoms with Crippen molar-refractivity contribution >= 4 is 27.3 Å². The van der Waals surface area contributed by atoms with Gasteiger partial charge in [0.15, 0.2) is 0 Å². The van der Waals surface area contributed by atoms with Crippen molar-refractivity contribution in [3.8, 4) is 0 Å². The maximum atomic E-state index is 12.3. The largest absolute Gasteiger partial charge is 0.322 e. The lowest BCUT2D eigenvalue weighted by Gasteiger charge is -2.10. The zero-order valence-electron chi connectivity index (χ0n) is 13.9. The SMILES string of the molecule is CNS(=O)(=O)c1cc(NC(=O)c2ccc(C)c([N+](=O)[O-])c2)ccc1C. The Kier molecular flexibility index (Phi) is 5.19. The number of hydrogen-bond acceptors (Lipinski definition) is 5. The van der Waals surface area contributed by atoms with Crippen LogP contribution in [0.25, 0.3) is 0 Å². The Labute approximate surface area is 145 Å². The summed E-state index contributed by atoms with van der Waals surface area (Å²) in [5, 5.41) is 13.5. The Hall–Kier alpha value is -2.78. The number of nitrogens with one attached hydrogen (secondary N) is 2. The van der Waals surface area contributed by atoms with E-state index in [0.717, 1.165) is 0 Å². The van der Waals surface area contributed by atoms with Crippen LogP contribution in [0.5, 0.6) is 0 Å². The topological polar surface area (TPSA) is 118 Å². The van der Waals surface area contributed by atoms with E-state index in [1.807, 2.05) is 0 Å². The molecule has 0 fully saturated rings. The van der Waals surface area contributed by atoms with Crippen LogP contribution >= 0.6 is 0 Å². The van der Waals surface area contributed by atoms with E-state index < -0.39 is 20.9 Å². The molecular formula is C16H17N3O5S. The Morgan fingerprint density at radius 2 is 1.72 bits per heavy atom. The number of anilines is 1. The minimum Gasteiger partial charge on any atom is -0.322 e. The highest BCUT2D eigenvalue weighted by molar-refractivity contribution is 7.89. The van der Waals surface area contributed by atoms with E-state index in [-0.39, 0.29) is 21.8 Å². The molecule has 0 aliphatic rings. The summed E-state index contributed by atoms with van der Waals surface area (Å²) in [5.74, 6) is -0.570. The van der Waals surface area contributed by atoms with Crippen LogP contribution in [0.15, 0.2) is 41.3 Å². The quantitative estimate of drug-likeness (QED) is 0.624. The lowest BCUT2D eigenvalue weighted by Crippen LogP contribution is -2.20. The summed E-state index contributed by atoms with van der Waals surface area (Å²) < 4.78 is 26.2. The second-order valence-corrected chi connectivity index (χ2v) is 7.26. The van der Waals surface area contributed by atoms with Crippen LogP contribution in [0, 0.1) is 24.0 Å². The summed E-state index contributed by atoms with van der Waals surface area (Å²) in [7, 11) is -2.37. The third-order valence-corrected chi connectivity index (χ3v) is 5.23. The summed E-state index contributed by atoms with van der Waals surface area (Å²) in [6.45, 7) is 3.22. The van der Waals surface area contributed by atoms with E-state index in [9.17, 15) is 23.3 Å². The number of nitro groups is 1. The standard InChI is InChI=1S/C16H17N3O5S/c1-10-4-6-12(8-14(10)19(21)22)16(20)18-13-7-5-11(2)15(9-13)25(23,24)17-3/h4-9,17H,1-3H3,(H,18,20). The lowest BCUT2D eigenvalue weighted by atomic mass is 10.1. The molecule has 2 N–H and O–H groups in total. The molecule has 2 aromatic rings. The first kappa shape index (κ1) is 18.6. The van der Waals surface area contributed by atoms with Gasteiger partial charge in [-0.25, -0.2) is 13.1 Å². The molecule has 0 unspecified atom stereocenters. The number of carbonyl (C=O) groups is 1. The maximum Gasteiger partial charge on any atom is 0.273 e. The second-order valence-electron chi connectivity index (χ2n) is 5.40. The van der Waals surface area contributed by atoms with E-state index in [1.54, 1.807) is 26.0 Å². The fourth-order valence-corrected chi connectivity index (χ4v) is 3.22. The highest BCUT2D eigenvalue weighted by Gasteiger charge is 2.18. The van der Waals surface area contributed by atoms with Crippen LogP contribution in [-0.4, -0.2) is 26.3 Å². The minimum absolute atomic E-state index is 0.0442. The van der Waals surface area contributed by atoms with Crippen LogP contribution in [0.3, 0.4) is 0 Å². The monoisotopic (exact) mass is 363 g/mol. The first-order chi connectivity index (χ1) is 11.7. The third-order valence-electron chi connectivity index (χ3n) is 3.67. The van der Waals surface area contributed by atoms with Gasteiger partial charge in [0, 0.05) is 22.9 Å². The molecule has 25 heavy (non-hydrogen) atoms. The number of nitrogens with zero attached hydrogens (tertiary/aromatic N) is 1. The molecule has 0 atom stereocenters. The Morgan fingerprint density at radius 3 is 2.32 bits per heavy atom. The van der Waals surface area contributed by atoms with Gasteiger partial charge in [-0.1, -0.05) is 12.1 Å². The predicted molar refractivity (Wildman–Crippen MR) is 93.2 cm³/mol. The molecule has 2 rings (SSSR count). The van der Waals surface area contributed by atoms with Crippen molar-refractivity contribution in [3.63, 3.8) is 0 Å². The molecule has 0 aromatic heterocycles. The van der Waals surface area contributed by atoms with Gasteiger partial charge in [-0.15, -0.1) is 0 Å². The molecule has 0 aliphatic heterocycles. The van der Waals surface area contributed by atoms with Gasteiger partial charge in [-0.3, -0.25) is 14.9 Å². The van der Waals surface area contributed by atoms with Gasteiger partial charge in [0.05, 0.1) is 9.82 Å². The smallest absolute Gasteiger partial charge is 0.273 e. The highest BCUT2D eigenvalue weighted by Crippen LogP contribution is 2.22. The molecular weight excluding hydrogens is 346 g/mol. The molecule has 0 heterocycles. The summed E-state index contributed by atoms with van der Waals surface area (Å²) >= 11 is 0. The molecule has 0 radical (unpaired) electrons. The second kappa shape index (κ2) is 6.99. The summed E-state index contributed by atoms with van der Waals surface area (Å²) in [5.41, 5.74) is 1.19. The van der Waals surface area contributed by atoms with Gasteiger partial charge in [-0.05, 0) is 44.7 Å². The van der Waals surface area contributed by atoms with Gasteiger partial charge in [0.25, 0.3) is 11.6 Å². The van der Waals surface area contributed by atoms with Crippen molar-refractivity contribution in [3.05, 3.63) is 63.2 Å². The number of rotatable bonds is 5. The molecule has 0 saturated carbocycles. The predicted octanol–water partition coefficient (Wildman–Crippen LogP) is 2.37. The van der Waals surface area contributed by atoms with Gasteiger partial charge in [-0.2, -0.15) is 0 Å². The van der Waals surface area contributed by atoms with E-state index in [1.165, 1.54) is 31.3 Å². The molecule has 132 valence electrons. The fraction of sp³-hybridized carbons (Fsp3) is 0.188. The number of sulfonamides is 1. The average molecular weight is 363 g/mol. The zero-order valence-corrected chi connectivity index (χ0v) is 14.7. The number of nitro benzene ring substituents is 1. The molecule has 0 saturated heterocycles. The first-order valence-electron chi connectivity index (χ1n) is 7.26. The van der Waals surface area contributed by atoms with Gasteiger partial charge in [0.1, 0.15) is 0 Å². The summed E-state index contributed by atoms with van der Waals surface area (Å²) in [4.78, 5) is 22.8. The Balaban J connectivity index is 2.35. The Bertz CT molecular complexity index is 954. The molecule has 9 heteroatoms. The lowest BCUT2D eigenvalue weighted by molar-refractivity contribution is -0.385. The van der Waals surface area contributed by atoms with Gasteiger partial charge >= 0.3 is 0 Å². The van der Waals surface area contributed by atoms with E-state index in [4.69, 9.17) is 0 Å². The fourth-order valence-electron chi connectivity index (χ4n) is 2.23. The van der Waals surface area contributed by atoms with Crippen molar-refractivity contribution in [2.45, 2.75) is 18.7 Å². The van der Waals surface area contributed by atoms with Crippen LogP contribution in [-0.2, 0) is 10.0 Å². The molecule has 1 amide bonds.